The molecule has 0 aliphatic carbocycles. The second kappa shape index (κ2) is 6.38. The van der Waals surface area contributed by atoms with E-state index < -0.39 is 17.3 Å². The molecule has 0 aliphatic heterocycles. The Morgan fingerprint density at radius 2 is 1.91 bits per heavy atom. The fourth-order valence-corrected chi connectivity index (χ4v) is 2.56. The number of unbranched alkanes of at least 4 members (excludes halogenated alkanes) is 1. The van der Waals surface area contributed by atoms with Crippen molar-refractivity contribution in [3.05, 3.63) is 50.4 Å². The van der Waals surface area contributed by atoms with E-state index in [4.69, 9.17) is 23.2 Å². The van der Waals surface area contributed by atoms with Crippen molar-refractivity contribution < 1.29 is 13.2 Å². The van der Waals surface area contributed by atoms with Crippen LogP contribution in [0.4, 0.5) is 13.2 Å². The topological polar surface area (TPSA) is 26.9 Å². The van der Waals surface area contributed by atoms with E-state index in [1.54, 1.807) is 0 Å². The summed E-state index contributed by atoms with van der Waals surface area (Å²) in [6.45, 7) is 2.19. The monoisotopic (exact) mass is 352 g/mol. The molecule has 1 aromatic heterocycles. The van der Waals surface area contributed by atoms with Gasteiger partial charge in [-0.25, -0.2) is 4.68 Å². The minimum Gasteiger partial charge on any atom is -0.284 e. The van der Waals surface area contributed by atoms with Crippen molar-refractivity contribution >= 4 is 23.2 Å². The Bertz CT molecular complexity index is 735. The van der Waals surface area contributed by atoms with E-state index >= 15 is 0 Å². The van der Waals surface area contributed by atoms with Crippen LogP contribution < -0.4 is 5.56 Å². The normalized spacial score (nSPS) is 11.9. The van der Waals surface area contributed by atoms with Crippen molar-refractivity contribution in [3.8, 4) is 5.69 Å². The van der Waals surface area contributed by atoms with E-state index in [0.29, 0.717) is 11.4 Å². The lowest BCUT2D eigenvalue weighted by Gasteiger charge is -2.12. The first-order valence-electron chi connectivity index (χ1n) is 6.60. The highest BCUT2D eigenvalue weighted by molar-refractivity contribution is 6.35. The summed E-state index contributed by atoms with van der Waals surface area (Å²) in [7, 11) is 0. The Kier molecular flexibility index (Phi) is 4.92. The number of nitrogens with zero attached hydrogens (tertiary/aromatic N) is 2. The third-order valence-electron chi connectivity index (χ3n) is 3.14. The number of hydrogen-bond acceptors (Lipinski definition) is 1. The largest absolute Gasteiger partial charge is 0.423 e. The van der Waals surface area contributed by atoms with Gasteiger partial charge in [-0.05, 0) is 24.6 Å². The van der Waals surface area contributed by atoms with Gasteiger partial charge in [0.25, 0.3) is 5.56 Å². The zero-order valence-corrected chi connectivity index (χ0v) is 13.1. The molecule has 2 rings (SSSR count). The number of rotatable bonds is 4. The second-order valence-corrected chi connectivity index (χ2v) is 5.61. The molecule has 3 nitrogen and oxygen atoms in total. The first kappa shape index (κ1) is 17.0. The lowest BCUT2D eigenvalue weighted by Crippen LogP contribution is -2.25. The van der Waals surface area contributed by atoms with Gasteiger partial charge in [-0.15, -0.1) is 0 Å². The van der Waals surface area contributed by atoms with Gasteiger partial charge in [0.1, 0.15) is 5.56 Å². The Morgan fingerprint density at radius 1 is 1.23 bits per heavy atom. The van der Waals surface area contributed by atoms with Gasteiger partial charge in [0.15, 0.2) is 0 Å². The number of benzene rings is 1. The van der Waals surface area contributed by atoms with Crippen molar-refractivity contribution in [1.29, 1.82) is 0 Å². The lowest BCUT2D eigenvalue weighted by molar-refractivity contribution is -0.138. The summed E-state index contributed by atoms with van der Waals surface area (Å²) in [5.74, 6) is 0. The molecule has 1 aromatic carbocycles. The van der Waals surface area contributed by atoms with Gasteiger partial charge in [-0.2, -0.15) is 13.2 Å². The summed E-state index contributed by atoms with van der Waals surface area (Å²) in [5, 5.41) is 0.448. The van der Waals surface area contributed by atoms with Crippen LogP contribution in [0.5, 0.6) is 0 Å². The SMILES string of the molecule is CCCCn1cc(C(F)(F)F)c(=O)n1-c1ccc(Cl)cc1Cl. The zero-order chi connectivity index (χ0) is 16.5. The third-order valence-corrected chi connectivity index (χ3v) is 3.68. The third kappa shape index (κ3) is 3.33. The molecule has 0 amide bonds. The molecular formula is C14H13Cl2F3N2O. The quantitative estimate of drug-likeness (QED) is 0.778. The molecule has 0 saturated heterocycles. The second-order valence-electron chi connectivity index (χ2n) is 4.77. The average Bonchev–Trinajstić information content (AvgIpc) is 2.74. The Labute approximate surface area is 134 Å². The van der Waals surface area contributed by atoms with E-state index in [2.05, 4.69) is 0 Å². The van der Waals surface area contributed by atoms with Crippen LogP contribution in [0.3, 0.4) is 0 Å². The van der Waals surface area contributed by atoms with E-state index in [1.807, 2.05) is 6.92 Å². The van der Waals surface area contributed by atoms with Gasteiger partial charge in [-0.3, -0.25) is 9.48 Å². The Hall–Kier alpha value is -1.40. The van der Waals surface area contributed by atoms with Crippen LogP contribution in [0.2, 0.25) is 10.0 Å². The standard InChI is InChI=1S/C14H13Cl2F3N2O/c1-2-3-6-20-8-10(14(17,18)19)13(22)21(20)12-5-4-9(15)7-11(12)16/h4-5,7-8H,2-3,6H2,1H3. The first-order valence-corrected chi connectivity index (χ1v) is 7.36. The van der Waals surface area contributed by atoms with Crippen LogP contribution in [0.1, 0.15) is 25.3 Å². The fraction of sp³-hybridized carbons (Fsp3) is 0.357. The summed E-state index contributed by atoms with van der Waals surface area (Å²) in [6, 6.07) is 4.28. The van der Waals surface area contributed by atoms with Crippen LogP contribution in [0.15, 0.2) is 29.2 Å². The molecule has 0 radical (unpaired) electrons. The highest BCUT2D eigenvalue weighted by atomic mass is 35.5. The highest BCUT2D eigenvalue weighted by Gasteiger charge is 2.37. The van der Waals surface area contributed by atoms with Crippen LogP contribution >= 0.6 is 23.2 Å². The molecule has 22 heavy (non-hydrogen) atoms. The van der Waals surface area contributed by atoms with E-state index in [1.165, 1.54) is 22.9 Å². The van der Waals surface area contributed by atoms with Crippen molar-refractivity contribution in [2.24, 2.45) is 0 Å². The minimum absolute atomic E-state index is 0.110. The predicted octanol–water partition coefficient (Wildman–Crippen LogP) is 4.76. The van der Waals surface area contributed by atoms with Crippen molar-refractivity contribution in [1.82, 2.24) is 9.36 Å². The van der Waals surface area contributed by atoms with Gasteiger partial charge in [-0.1, -0.05) is 36.5 Å². The minimum atomic E-state index is -4.71. The first-order chi connectivity index (χ1) is 10.3. The average molecular weight is 353 g/mol. The Morgan fingerprint density at radius 3 is 2.45 bits per heavy atom. The molecule has 1 heterocycles. The maximum Gasteiger partial charge on any atom is 0.423 e. The molecule has 0 saturated carbocycles. The van der Waals surface area contributed by atoms with Gasteiger partial charge >= 0.3 is 6.18 Å². The zero-order valence-electron chi connectivity index (χ0n) is 11.6. The molecule has 0 fully saturated rings. The molecule has 2 aromatic rings. The summed E-state index contributed by atoms with van der Waals surface area (Å²) in [6.07, 6.45) is -2.48. The van der Waals surface area contributed by atoms with E-state index in [0.717, 1.165) is 17.3 Å². The van der Waals surface area contributed by atoms with Crippen molar-refractivity contribution in [3.63, 3.8) is 0 Å². The van der Waals surface area contributed by atoms with Gasteiger partial charge in [0.2, 0.25) is 0 Å². The molecule has 120 valence electrons. The molecular weight excluding hydrogens is 340 g/mol. The maximum atomic E-state index is 13.0. The molecule has 0 N–H and O–H groups in total. The van der Waals surface area contributed by atoms with Crippen molar-refractivity contribution in [2.45, 2.75) is 32.5 Å². The van der Waals surface area contributed by atoms with Crippen LogP contribution in [-0.4, -0.2) is 9.36 Å². The fourth-order valence-electron chi connectivity index (χ4n) is 2.07. The number of alkyl halides is 3. The summed E-state index contributed by atoms with van der Waals surface area (Å²) in [5.41, 5.74) is -2.19. The Balaban J connectivity index is 2.67. The molecule has 8 heteroatoms. The molecule has 0 bridgehead atoms. The molecule has 0 spiro atoms. The van der Waals surface area contributed by atoms with Gasteiger partial charge in [0.05, 0.1) is 10.7 Å². The van der Waals surface area contributed by atoms with Gasteiger partial charge in [0, 0.05) is 17.8 Å². The van der Waals surface area contributed by atoms with Crippen LogP contribution in [0, 0.1) is 0 Å². The summed E-state index contributed by atoms with van der Waals surface area (Å²) in [4.78, 5) is 12.2. The molecule has 0 aliphatic rings. The highest BCUT2D eigenvalue weighted by Crippen LogP contribution is 2.29. The lowest BCUT2D eigenvalue weighted by atomic mass is 10.3. The summed E-state index contributed by atoms with van der Waals surface area (Å²) < 4.78 is 41.1. The van der Waals surface area contributed by atoms with Crippen LogP contribution in [0.25, 0.3) is 5.69 Å². The predicted molar refractivity (Wildman–Crippen MR) is 80.0 cm³/mol. The number of hydrogen-bond donors (Lipinski definition) is 0. The molecule has 0 unspecified atom stereocenters. The maximum absolute atomic E-state index is 13.0. The smallest absolute Gasteiger partial charge is 0.284 e. The number of aryl methyl sites for hydroxylation is 1. The van der Waals surface area contributed by atoms with Crippen molar-refractivity contribution in [2.75, 3.05) is 0 Å². The van der Waals surface area contributed by atoms with E-state index in [-0.39, 0.29) is 17.3 Å². The summed E-state index contributed by atoms with van der Waals surface area (Å²) >= 11 is 11.8. The van der Waals surface area contributed by atoms with Crippen LogP contribution in [-0.2, 0) is 12.7 Å². The number of aromatic nitrogens is 2. The van der Waals surface area contributed by atoms with E-state index in [9.17, 15) is 18.0 Å². The van der Waals surface area contributed by atoms with Gasteiger partial charge < -0.3 is 0 Å². The molecule has 0 atom stereocenters. The number of halogens is 5.